The normalized spacial score (nSPS) is 10.2. The Bertz CT molecular complexity index is 674. The van der Waals surface area contributed by atoms with Crippen LogP contribution in [0.2, 0.25) is 0 Å². The summed E-state index contributed by atoms with van der Waals surface area (Å²) in [5.41, 5.74) is 2.20. The van der Waals surface area contributed by atoms with E-state index < -0.39 is 11.6 Å². The third-order valence-electron chi connectivity index (χ3n) is 2.88. The highest BCUT2D eigenvalue weighted by Crippen LogP contribution is 2.29. The number of halogens is 3. The molecule has 2 nitrogen and oxygen atoms in total. The second-order valence-corrected chi connectivity index (χ2v) is 5.27. The number of nitrogens with one attached hydrogen (secondary N) is 1. The van der Waals surface area contributed by atoms with Crippen molar-refractivity contribution in [2.24, 2.45) is 0 Å². The van der Waals surface area contributed by atoms with Gasteiger partial charge in [-0.1, -0.05) is 15.9 Å². The lowest BCUT2D eigenvalue weighted by atomic mass is 10.1. The van der Waals surface area contributed by atoms with Gasteiger partial charge >= 0.3 is 0 Å². The Morgan fingerprint density at radius 2 is 1.55 bits per heavy atom. The minimum atomic E-state index is -0.792. The predicted octanol–water partition coefficient (Wildman–Crippen LogP) is 4.96. The van der Waals surface area contributed by atoms with Gasteiger partial charge in [-0.2, -0.15) is 5.26 Å². The first-order chi connectivity index (χ1) is 9.42. The molecule has 0 aliphatic carbocycles. The van der Waals surface area contributed by atoms with Gasteiger partial charge in [0.1, 0.15) is 5.69 Å². The summed E-state index contributed by atoms with van der Waals surface area (Å²) in [4.78, 5) is 0. The number of benzene rings is 2. The van der Waals surface area contributed by atoms with E-state index in [2.05, 4.69) is 21.2 Å². The van der Waals surface area contributed by atoms with Crippen LogP contribution in [0, 0.1) is 36.8 Å². The summed E-state index contributed by atoms with van der Waals surface area (Å²) in [5.74, 6) is -1.58. The van der Waals surface area contributed by atoms with Gasteiger partial charge in [0.05, 0.1) is 11.6 Å². The van der Waals surface area contributed by atoms with Gasteiger partial charge in [-0.05, 0) is 49.2 Å². The molecule has 0 amide bonds. The van der Waals surface area contributed by atoms with Gasteiger partial charge < -0.3 is 5.32 Å². The molecule has 0 saturated heterocycles. The molecule has 0 atom stereocenters. The molecule has 0 spiro atoms. The Morgan fingerprint density at radius 1 is 1.05 bits per heavy atom. The molecule has 0 saturated carbocycles. The number of aryl methyl sites for hydroxylation is 2. The van der Waals surface area contributed by atoms with Crippen LogP contribution in [-0.2, 0) is 0 Å². The van der Waals surface area contributed by atoms with Crippen LogP contribution in [0.3, 0.4) is 0 Å². The first kappa shape index (κ1) is 14.5. The van der Waals surface area contributed by atoms with E-state index in [-0.39, 0.29) is 11.3 Å². The second kappa shape index (κ2) is 5.59. The Morgan fingerprint density at radius 3 is 2.00 bits per heavy atom. The number of nitriles is 1. The van der Waals surface area contributed by atoms with Gasteiger partial charge in [-0.15, -0.1) is 0 Å². The van der Waals surface area contributed by atoms with Crippen molar-refractivity contribution in [3.05, 3.63) is 57.1 Å². The van der Waals surface area contributed by atoms with E-state index in [0.717, 1.165) is 27.7 Å². The maximum atomic E-state index is 13.8. The average Bonchev–Trinajstić information content (AvgIpc) is 2.39. The molecular formula is C15H11BrF2N2. The second-order valence-electron chi connectivity index (χ2n) is 4.48. The standard InChI is InChI=1S/C15H11BrF2N2/c1-8-3-11(4-9(2)14(8)16)20-15-12(17)5-10(7-19)6-13(15)18/h3-6,20H,1-2H3. The largest absolute Gasteiger partial charge is 0.351 e. The average molecular weight is 337 g/mol. The van der Waals surface area contributed by atoms with Gasteiger partial charge in [0.15, 0.2) is 11.6 Å². The molecule has 20 heavy (non-hydrogen) atoms. The van der Waals surface area contributed by atoms with E-state index in [9.17, 15) is 8.78 Å². The summed E-state index contributed by atoms with van der Waals surface area (Å²) in [6, 6.07) is 7.29. The lowest BCUT2D eigenvalue weighted by molar-refractivity contribution is 0.590. The van der Waals surface area contributed by atoms with E-state index in [4.69, 9.17) is 5.26 Å². The third-order valence-corrected chi connectivity index (χ3v) is 4.13. The van der Waals surface area contributed by atoms with Crippen LogP contribution in [0.5, 0.6) is 0 Å². The maximum Gasteiger partial charge on any atom is 0.150 e. The topological polar surface area (TPSA) is 35.8 Å². The molecule has 0 aliphatic rings. The molecule has 0 aliphatic heterocycles. The lowest BCUT2D eigenvalue weighted by Crippen LogP contribution is -1.99. The fourth-order valence-corrected chi connectivity index (χ4v) is 2.15. The zero-order chi connectivity index (χ0) is 14.9. The first-order valence-corrected chi connectivity index (χ1v) is 6.64. The van der Waals surface area contributed by atoms with Gasteiger partial charge in [-0.3, -0.25) is 0 Å². The van der Waals surface area contributed by atoms with Crippen molar-refractivity contribution in [2.45, 2.75) is 13.8 Å². The van der Waals surface area contributed by atoms with Crippen LogP contribution in [0.15, 0.2) is 28.7 Å². The molecule has 2 aromatic rings. The van der Waals surface area contributed by atoms with Crippen LogP contribution in [0.1, 0.15) is 16.7 Å². The summed E-state index contributed by atoms with van der Waals surface area (Å²) < 4.78 is 28.6. The molecule has 5 heteroatoms. The Kier molecular flexibility index (Phi) is 4.05. The van der Waals surface area contributed by atoms with E-state index in [1.807, 2.05) is 13.8 Å². The number of rotatable bonds is 2. The zero-order valence-corrected chi connectivity index (χ0v) is 12.5. The molecule has 102 valence electrons. The Labute approximate surface area is 124 Å². The summed E-state index contributed by atoms with van der Waals surface area (Å²) >= 11 is 3.43. The highest BCUT2D eigenvalue weighted by Gasteiger charge is 2.12. The van der Waals surface area contributed by atoms with Crippen molar-refractivity contribution in [2.75, 3.05) is 5.32 Å². The molecule has 2 aromatic carbocycles. The monoisotopic (exact) mass is 336 g/mol. The molecule has 2 rings (SSSR count). The minimum absolute atomic E-state index is 0.0475. The highest BCUT2D eigenvalue weighted by atomic mass is 79.9. The van der Waals surface area contributed by atoms with Gasteiger partial charge in [0.25, 0.3) is 0 Å². The fraction of sp³-hybridized carbons (Fsp3) is 0.133. The van der Waals surface area contributed by atoms with E-state index >= 15 is 0 Å². The summed E-state index contributed by atoms with van der Waals surface area (Å²) in [6.45, 7) is 3.79. The molecule has 0 fully saturated rings. The first-order valence-electron chi connectivity index (χ1n) is 5.85. The smallest absolute Gasteiger partial charge is 0.150 e. The van der Waals surface area contributed by atoms with Crippen LogP contribution in [0.4, 0.5) is 20.2 Å². The quantitative estimate of drug-likeness (QED) is 0.841. The molecule has 1 N–H and O–H groups in total. The number of hydrogen-bond donors (Lipinski definition) is 1. The molecule has 0 unspecified atom stereocenters. The SMILES string of the molecule is Cc1cc(Nc2c(F)cc(C#N)cc2F)cc(C)c1Br. The molecule has 0 radical (unpaired) electrons. The number of nitrogens with zero attached hydrogens (tertiary/aromatic N) is 1. The molecule has 0 bridgehead atoms. The molecular weight excluding hydrogens is 326 g/mol. The maximum absolute atomic E-state index is 13.8. The number of hydrogen-bond acceptors (Lipinski definition) is 2. The summed E-state index contributed by atoms with van der Waals surface area (Å²) in [5, 5.41) is 11.4. The van der Waals surface area contributed by atoms with Crippen LogP contribution in [0.25, 0.3) is 0 Å². The summed E-state index contributed by atoms with van der Waals surface area (Å²) in [6.07, 6.45) is 0. The molecule has 0 heterocycles. The van der Waals surface area contributed by atoms with Crippen LogP contribution < -0.4 is 5.32 Å². The Hall–Kier alpha value is -1.93. The van der Waals surface area contributed by atoms with Crippen molar-refractivity contribution in [1.29, 1.82) is 5.26 Å². The van der Waals surface area contributed by atoms with Crippen molar-refractivity contribution in [1.82, 2.24) is 0 Å². The predicted molar refractivity (Wildman–Crippen MR) is 78.0 cm³/mol. The van der Waals surface area contributed by atoms with E-state index in [1.54, 1.807) is 18.2 Å². The number of anilines is 2. The lowest BCUT2D eigenvalue weighted by Gasteiger charge is -2.12. The van der Waals surface area contributed by atoms with Gasteiger partial charge in [0.2, 0.25) is 0 Å². The van der Waals surface area contributed by atoms with E-state index in [0.29, 0.717) is 5.69 Å². The van der Waals surface area contributed by atoms with E-state index in [1.165, 1.54) is 0 Å². The van der Waals surface area contributed by atoms with Gasteiger partial charge in [0, 0.05) is 10.2 Å². The van der Waals surface area contributed by atoms with Crippen LogP contribution in [-0.4, -0.2) is 0 Å². The zero-order valence-electron chi connectivity index (χ0n) is 10.9. The third kappa shape index (κ3) is 2.81. The van der Waals surface area contributed by atoms with Gasteiger partial charge in [-0.25, -0.2) is 8.78 Å². The molecule has 0 aromatic heterocycles. The van der Waals surface area contributed by atoms with Crippen molar-refractivity contribution in [3.8, 4) is 6.07 Å². The summed E-state index contributed by atoms with van der Waals surface area (Å²) in [7, 11) is 0. The van der Waals surface area contributed by atoms with Crippen molar-refractivity contribution >= 4 is 27.3 Å². The fourth-order valence-electron chi connectivity index (χ4n) is 1.92. The minimum Gasteiger partial charge on any atom is -0.351 e. The van der Waals surface area contributed by atoms with Crippen molar-refractivity contribution in [3.63, 3.8) is 0 Å². The van der Waals surface area contributed by atoms with Crippen LogP contribution >= 0.6 is 15.9 Å². The van der Waals surface area contributed by atoms with Crippen molar-refractivity contribution < 1.29 is 8.78 Å². The Balaban J connectivity index is 2.43. The highest BCUT2D eigenvalue weighted by molar-refractivity contribution is 9.10.